The predicted molar refractivity (Wildman–Crippen MR) is 87.2 cm³/mol. The molecule has 0 unspecified atom stereocenters. The number of anilines is 2. The van der Waals surface area contributed by atoms with Crippen LogP contribution < -0.4 is 14.8 Å². The van der Waals surface area contributed by atoms with E-state index in [0.29, 0.717) is 0 Å². The van der Waals surface area contributed by atoms with Crippen LogP contribution in [0.1, 0.15) is 5.56 Å². The summed E-state index contributed by atoms with van der Waals surface area (Å²) in [5.74, 6) is 1.73. The van der Waals surface area contributed by atoms with Crippen LogP contribution in [0.3, 0.4) is 0 Å². The second kappa shape index (κ2) is 5.61. The number of benzene rings is 2. The van der Waals surface area contributed by atoms with Gasteiger partial charge in [0.1, 0.15) is 11.5 Å². The third-order valence-electron chi connectivity index (χ3n) is 3.24. The Bertz CT molecular complexity index is 783. The molecule has 21 heavy (non-hydrogen) atoms. The van der Waals surface area contributed by atoms with E-state index in [4.69, 9.17) is 9.47 Å². The number of methoxy groups -OCH3 is 2. The minimum atomic E-state index is 0.845. The summed E-state index contributed by atoms with van der Waals surface area (Å²) in [7, 11) is 3.35. The molecule has 1 N–H and O–H groups in total. The average molecular weight is 300 g/mol. The van der Waals surface area contributed by atoms with Crippen molar-refractivity contribution >= 4 is 32.4 Å². The van der Waals surface area contributed by atoms with E-state index in [2.05, 4.69) is 10.3 Å². The number of nitrogens with zero attached hydrogens (tertiary/aromatic N) is 1. The lowest BCUT2D eigenvalue weighted by Gasteiger charge is -2.07. The number of hydrogen-bond acceptors (Lipinski definition) is 5. The monoisotopic (exact) mass is 300 g/mol. The number of hydrogen-bond donors (Lipinski definition) is 1. The van der Waals surface area contributed by atoms with E-state index in [0.717, 1.165) is 38.1 Å². The molecule has 0 atom stereocenters. The van der Waals surface area contributed by atoms with Crippen molar-refractivity contribution in [1.82, 2.24) is 4.98 Å². The van der Waals surface area contributed by atoms with Crippen LogP contribution in [0.25, 0.3) is 10.2 Å². The molecule has 0 aliphatic carbocycles. The maximum absolute atomic E-state index is 5.27. The fourth-order valence-electron chi connectivity index (χ4n) is 2.17. The summed E-state index contributed by atoms with van der Waals surface area (Å²) in [4.78, 5) is 4.58. The van der Waals surface area contributed by atoms with Gasteiger partial charge in [-0.05, 0) is 48.9 Å². The lowest BCUT2D eigenvalue weighted by Crippen LogP contribution is -1.92. The highest BCUT2D eigenvalue weighted by atomic mass is 32.1. The van der Waals surface area contributed by atoms with Crippen molar-refractivity contribution in [3.8, 4) is 11.5 Å². The highest BCUT2D eigenvalue weighted by Gasteiger charge is 2.06. The van der Waals surface area contributed by atoms with E-state index in [1.165, 1.54) is 0 Å². The van der Waals surface area contributed by atoms with Gasteiger partial charge in [0.15, 0.2) is 5.13 Å². The number of ether oxygens (including phenoxy) is 2. The molecule has 0 spiro atoms. The topological polar surface area (TPSA) is 43.4 Å². The van der Waals surface area contributed by atoms with E-state index in [1.54, 1.807) is 25.6 Å². The van der Waals surface area contributed by atoms with Crippen LogP contribution in [-0.4, -0.2) is 19.2 Å². The van der Waals surface area contributed by atoms with Crippen LogP contribution in [0.4, 0.5) is 10.8 Å². The van der Waals surface area contributed by atoms with E-state index in [1.807, 2.05) is 43.3 Å². The first-order valence-corrected chi connectivity index (χ1v) is 7.37. The Hall–Kier alpha value is -2.27. The minimum Gasteiger partial charge on any atom is -0.497 e. The van der Waals surface area contributed by atoms with E-state index in [9.17, 15) is 0 Å². The van der Waals surface area contributed by atoms with Gasteiger partial charge in [-0.15, -0.1) is 0 Å². The van der Waals surface area contributed by atoms with Crippen LogP contribution in [0.15, 0.2) is 36.4 Å². The van der Waals surface area contributed by atoms with Crippen molar-refractivity contribution in [3.05, 3.63) is 42.0 Å². The van der Waals surface area contributed by atoms with Crippen LogP contribution in [0, 0.1) is 6.92 Å². The standard InChI is InChI=1S/C16H16N2O2S/c1-10-8-11(4-7-14(10)20-3)17-16-18-13-6-5-12(19-2)9-15(13)21-16/h4-9H,1-3H3,(H,17,18). The lowest BCUT2D eigenvalue weighted by molar-refractivity contribution is 0.412. The molecule has 4 nitrogen and oxygen atoms in total. The average Bonchev–Trinajstić information content (AvgIpc) is 2.88. The molecule has 3 aromatic rings. The van der Waals surface area contributed by atoms with Crippen molar-refractivity contribution < 1.29 is 9.47 Å². The molecule has 0 bridgehead atoms. The van der Waals surface area contributed by atoms with Crippen LogP contribution in [0.5, 0.6) is 11.5 Å². The van der Waals surface area contributed by atoms with Gasteiger partial charge in [0.2, 0.25) is 0 Å². The van der Waals surface area contributed by atoms with Crippen LogP contribution >= 0.6 is 11.3 Å². The molecule has 108 valence electrons. The second-order valence-electron chi connectivity index (χ2n) is 4.66. The quantitative estimate of drug-likeness (QED) is 0.777. The Morgan fingerprint density at radius 3 is 2.62 bits per heavy atom. The molecular formula is C16H16N2O2S. The van der Waals surface area contributed by atoms with Crippen LogP contribution in [0.2, 0.25) is 0 Å². The molecular weight excluding hydrogens is 284 g/mol. The summed E-state index contributed by atoms with van der Waals surface area (Å²) < 4.78 is 11.6. The molecule has 0 aliphatic heterocycles. The first-order chi connectivity index (χ1) is 10.2. The largest absolute Gasteiger partial charge is 0.497 e. The molecule has 3 rings (SSSR count). The van der Waals surface area contributed by atoms with E-state index in [-0.39, 0.29) is 0 Å². The van der Waals surface area contributed by atoms with Crippen molar-refractivity contribution in [2.75, 3.05) is 19.5 Å². The van der Waals surface area contributed by atoms with E-state index < -0.39 is 0 Å². The molecule has 1 heterocycles. The van der Waals surface area contributed by atoms with Crippen LogP contribution in [-0.2, 0) is 0 Å². The third kappa shape index (κ3) is 2.78. The molecule has 0 aliphatic rings. The zero-order chi connectivity index (χ0) is 14.8. The Morgan fingerprint density at radius 1 is 1.05 bits per heavy atom. The van der Waals surface area contributed by atoms with Gasteiger partial charge in [-0.3, -0.25) is 0 Å². The number of fused-ring (bicyclic) bond motifs is 1. The van der Waals surface area contributed by atoms with Gasteiger partial charge in [-0.1, -0.05) is 11.3 Å². The summed E-state index contributed by atoms with van der Waals surface area (Å²) >= 11 is 1.60. The Balaban J connectivity index is 1.89. The number of aromatic nitrogens is 1. The van der Waals surface area contributed by atoms with Crippen molar-refractivity contribution in [2.24, 2.45) is 0 Å². The SMILES string of the molecule is COc1ccc2nc(Nc3ccc(OC)c(C)c3)sc2c1. The van der Waals surface area contributed by atoms with Gasteiger partial charge in [0, 0.05) is 5.69 Å². The first kappa shape index (κ1) is 13.7. The first-order valence-electron chi connectivity index (χ1n) is 6.56. The zero-order valence-corrected chi connectivity index (χ0v) is 13.0. The third-order valence-corrected chi connectivity index (χ3v) is 4.18. The van der Waals surface area contributed by atoms with E-state index >= 15 is 0 Å². The van der Waals surface area contributed by atoms with Gasteiger partial charge in [-0.25, -0.2) is 4.98 Å². The molecule has 0 saturated heterocycles. The number of rotatable bonds is 4. The van der Waals surface area contributed by atoms with Crippen molar-refractivity contribution in [1.29, 1.82) is 0 Å². The summed E-state index contributed by atoms with van der Waals surface area (Å²) in [6.45, 7) is 2.02. The van der Waals surface area contributed by atoms with Gasteiger partial charge in [-0.2, -0.15) is 0 Å². The highest BCUT2D eigenvalue weighted by Crippen LogP contribution is 2.31. The van der Waals surface area contributed by atoms with Gasteiger partial charge in [0.25, 0.3) is 0 Å². The Labute approximate surface area is 127 Å². The number of aryl methyl sites for hydroxylation is 1. The molecule has 0 fully saturated rings. The second-order valence-corrected chi connectivity index (χ2v) is 5.69. The normalized spacial score (nSPS) is 10.6. The fraction of sp³-hybridized carbons (Fsp3) is 0.188. The molecule has 1 aromatic heterocycles. The molecule has 0 amide bonds. The van der Waals surface area contributed by atoms with Gasteiger partial charge < -0.3 is 14.8 Å². The van der Waals surface area contributed by atoms with Crippen molar-refractivity contribution in [3.63, 3.8) is 0 Å². The van der Waals surface area contributed by atoms with Gasteiger partial charge in [0.05, 0.1) is 24.4 Å². The summed E-state index contributed by atoms with van der Waals surface area (Å²) in [6.07, 6.45) is 0. The van der Waals surface area contributed by atoms with Crippen molar-refractivity contribution in [2.45, 2.75) is 6.92 Å². The minimum absolute atomic E-state index is 0.845. The lowest BCUT2D eigenvalue weighted by atomic mass is 10.2. The molecule has 5 heteroatoms. The Morgan fingerprint density at radius 2 is 1.90 bits per heavy atom. The summed E-state index contributed by atoms with van der Waals surface area (Å²) in [5, 5.41) is 4.20. The number of nitrogens with one attached hydrogen (secondary N) is 1. The molecule has 0 saturated carbocycles. The smallest absolute Gasteiger partial charge is 0.188 e. The Kier molecular flexibility index (Phi) is 3.66. The maximum Gasteiger partial charge on any atom is 0.188 e. The highest BCUT2D eigenvalue weighted by molar-refractivity contribution is 7.22. The summed E-state index contributed by atoms with van der Waals surface area (Å²) in [5.41, 5.74) is 3.05. The number of thiazole rings is 1. The predicted octanol–water partition coefficient (Wildman–Crippen LogP) is 4.37. The van der Waals surface area contributed by atoms with Gasteiger partial charge >= 0.3 is 0 Å². The fourth-order valence-corrected chi connectivity index (χ4v) is 3.08. The maximum atomic E-state index is 5.27. The summed E-state index contributed by atoms with van der Waals surface area (Å²) in [6, 6.07) is 11.9. The zero-order valence-electron chi connectivity index (χ0n) is 12.1. The molecule has 0 radical (unpaired) electrons. The molecule has 2 aromatic carbocycles.